The third-order valence-electron chi connectivity index (χ3n) is 4.48. The minimum atomic E-state index is -0.00546. The molecule has 0 spiro atoms. The molecule has 3 heterocycles. The van der Waals surface area contributed by atoms with Crippen molar-refractivity contribution in [2.24, 2.45) is 7.05 Å². The van der Waals surface area contributed by atoms with Gasteiger partial charge < -0.3 is 14.8 Å². The van der Waals surface area contributed by atoms with Crippen LogP contribution < -0.4 is 10.2 Å². The van der Waals surface area contributed by atoms with Gasteiger partial charge in [-0.25, -0.2) is 9.97 Å². The van der Waals surface area contributed by atoms with E-state index in [0.29, 0.717) is 5.02 Å². The van der Waals surface area contributed by atoms with Crippen LogP contribution in [-0.2, 0) is 11.8 Å². The number of rotatable bonds is 3. The molecule has 1 saturated heterocycles. The predicted octanol–water partition coefficient (Wildman–Crippen LogP) is 2.61. The van der Waals surface area contributed by atoms with E-state index in [0.717, 1.165) is 41.3 Å². The highest BCUT2D eigenvalue weighted by Gasteiger charge is 2.29. The lowest BCUT2D eigenvalue weighted by molar-refractivity contribution is -0.119. The van der Waals surface area contributed by atoms with Crippen LogP contribution in [0.25, 0.3) is 22.4 Å². The van der Waals surface area contributed by atoms with Crippen molar-refractivity contribution in [2.45, 2.75) is 13.0 Å². The highest BCUT2D eigenvalue weighted by molar-refractivity contribution is 6.33. The number of nitrogens with one attached hydrogen (secondary N) is 1. The summed E-state index contributed by atoms with van der Waals surface area (Å²) < 4.78 is 2.04. The first kappa shape index (κ1) is 15.9. The Balaban J connectivity index is 1.66. The molecule has 1 amide bonds. The lowest BCUT2D eigenvalue weighted by atomic mass is 10.1. The molecule has 0 aliphatic carbocycles. The summed E-state index contributed by atoms with van der Waals surface area (Å²) in [5.74, 6) is 1.65. The summed E-state index contributed by atoms with van der Waals surface area (Å²) in [5.41, 5.74) is 2.85. The van der Waals surface area contributed by atoms with Crippen molar-refractivity contribution in [1.82, 2.24) is 19.9 Å². The van der Waals surface area contributed by atoms with E-state index in [-0.39, 0.29) is 11.9 Å². The Morgan fingerprint density at radius 1 is 1.32 bits per heavy atom. The minimum absolute atomic E-state index is 0.00546. The summed E-state index contributed by atoms with van der Waals surface area (Å²) in [6.07, 6.45) is 1.66. The second-order valence-corrected chi connectivity index (χ2v) is 6.72. The first-order chi connectivity index (χ1) is 12.0. The molecule has 4 rings (SSSR count). The van der Waals surface area contributed by atoms with Crippen molar-refractivity contribution < 1.29 is 4.79 Å². The van der Waals surface area contributed by atoms with Crippen LogP contribution in [0.5, 0.6) is 0 Å². The molecule has 25 heavy (non-hydrogen) atoms. The molecule has 1 aliphatic heterocycles. The molecule has 1 aliphatic rings. The Kier molecular flexibility index (Phi) is 3.84. The third kappa shape index (κ3) is 2.82. The van der Waals surface area contributed by atoms with Gasteiger partial charge in [-0.2, -0.15) is 0 Å². The number of aryl methyl sites for hydroxylation is 1. The molecule has 1 N–H and O–H groups in total. The number of fused-ring (bicyclic) bond motifs is 1. The van der Waals surface area contributed by atoms with Crippen molar-refractivity contribution in [3.05, 3.63) is 41.6 Å². The van der Waals surface area contributed by atoms with Crippen molar-refractivity contribution in [1.29, 1.82) is 0 Å². The summed E-state index contributed by atoms with van der Waals surface area (Å²) in [5, 5.41) is 3.48. The molecule has 0 saturated carbocycles. The summed E-state index contributed by atoms with van der Waals surface area (Å²) in [6, 6.07) is 10.1. The number of anilines is 1. The average molecular weight is 356 g/mol. The van der Waals surface area contributed by atoms with E-state index in [1.165, 1.54) is 6.92 Å². The number of pyridine rings is 1. The van der Waals surface area contributed by atoms with Gasteiger partial charge in [0, 0.05) is 38.8 Å². The van der Waals surface area contributed by atoms with Crippen LogP contribution in [0, 0.1) is 0 Å². The van der Waals surface area contributed by atoms with Crippen LogP contribution in [0.4, 0.5) is 5.82 Å². The minimum Gasteiger partial charge on any atom is -0.352 e. The first-order valence-electron chi connectivity index (χ1n) is 8.12. The molecule has 7 heteroatoms. The van der Waals surface area contributed by atoms with Crippen molar-refractivity contribution >= 4 is 34.4 Å². The molecule has 0 radical (unpaired) electrons. The lowest BCUT2D eigenvalue weighted by Crippen LogP contribution is -2.59. The Morgan fingerprint density at radius 3 is 2.80 bits per heavy atom. The summed E-state index contributed by atoms with van der Waals surface area (Å²) in [4.78, 5) is 22.4. The summed E-state index contributed by atoms with van der Waals surface area (Å²) in [6.45, 7) is 3.03. The highest BCUT2D eigenvalue weighted by atomic mass is 35.5. The zero-order chi connectivity index (χ0) is 17.6. The number of nitrogens with zero attached hydrogens (tertiary/aromatic N) is 4. The topological polar surface area (TPSA) is 63.1 Å². The highest BCUT2D eigenvalue weighted by Crippen LogP contribution is 2.32. The number of aromatic nitrogens is 3. The molecule has 3 aromatic rings. The number of hydrogen-bond donors (Lipinski definition) is 1. The van der Waals surface area contributed by atoms with Gasteiger partial charge in [0.2, 0.25) is 5.91 Å². The molecule has 0 unspecified atom stereocenters. The number of hydrogen-bond acceptors (Lipinski definition) is 4. The molecule has 0 atom stereocenters. The van der Waals surface area contributed by atoms with Crippen molar-refractivity contribution in [3.8, 4) is 11.4 Å². The van der Waals surface area contributed by atoms with Crippen LogP contribution in [0.1, 0.15) is 6.92 Å². The molecular formula is C18H18ClN5O. The van der Waals surface area contributed by atoms with E-state index in [4.69, 9.17) is 16.6 Å². The number of carbonyl (C=O) groups excluding carboxylic acids is 1. The quantitative estimate of drug-likeness (QED) is 0.784. The standard InChI is InChI=1S/C18H18ClN5O/c1-11(25)21-12-9-24(10-12)17-7-13(14(19)8-20-17)18-22-15-5-3-4-6-16(15)23(18)2/h3-8,12H,9-10H2,1-2H3,(H,21,25). The smallest absolute Gasteiger partial charge is 0.217 e. The summed E-state index contributed by atoms with van der Waals surface area (Å²) in [7, 11) is 1.98. The number of imidazole rings is 1. The predicted molar refractivity (Wildman–Crippen MR) is 98.8 cm³/mol. The van der Waals surface area contributed by atoms with Gasteiger partial charge in [-0.15, -0.1) is 0 Å². The van der Waals surface area contributed by atoms with Gasteiger partial charge in [-0.05, 0) is 18.2 Å². The zero-order valence-corrected chi connectivity index (χ0v) is 14.8. The summed E-state index contributed by atoms with van der Waals surface area (Å²) >= 11 is 6.40. The second kappa shape index (κ2) is 6.04. The Bertz CT molecular complexity index is 961. The van der Waals surface area contributed by atoms with Crippen molar-refractivity contribution in [3.63, 3.8) is 0 Å². The fourth-order valence-electron chi connectivity index (χ4n) is 3.20. The maximum absolute atomic E-state index is 11.1. The molecule has 2 aromatic heterocycles. The molecule has 6 nitrogen and oxygen atoms in total. The molecular weight excluding hydrogens is 338 g/mol. The molecule has 1 aromatic carbocycles. The van der Waals surface area contributed by atoms with Gasteiger partial charge in [0.15, 0.2) is 0 Å². The van der Waals surface area contributed by atoms with E-state index >= 15 is 0 Å². The average Bonchev–Trinajstić information content (AvgIpc) is 2.88. The van der Waals surface area contributed by atoms with E-state index in [1.54, 1.807) is 6.20 Å². The van der Waals surface area contributed by atoms with Crippen LogP contribution >= 0.6 is 11.6 Å². The van der Waals surface area contributed by atoms with E-state index in [9.17, 15) is 4.79 Å². The first-order valence-corrected chi connectivity index (χ1v) is 8.50. The van der Waals surface area contributed by atoms with Crippen LogP contribution in [0.2, 0.25) is 5.02 Å². The van der Waals surface area contributed by atoms with Gasteiger partial charge >= 0.3 is 0 Å². The zero-order valence-electron chi connectivity index (χ0n) is 14.0. The van der Waals surface area contributed by atoms with E-state index in [2.05, 4.69) is 15.2 Å². The Labute approximate surface area is 150 Å². The Hall–Kier alpha value is -2.60. The van der Waals surface area contributed by atoms with E-state index in [1.807, 2.05) is 41.9 Å². The molecule has 1 fully saturated rings. The number of para-hydroxylation sites is 2. The maximum Gasteiger partial charge on any atom is 0.217 e. The van der Waals surface area contributed by atoms with Gasteiger partial charge in [-0.1, -0.05) is 23.7 Å². The largest absolute Gasteiger partial charge is 0.352 e. The fourth-order valence-corrected chi connectivity index (χ4v) is 3.39. The van der Waals surface area contributed by atoms with Crippen LogP contribution in [-0.4, -0.2) is 39.6 Å². The molecule has 128 valence electrons. The monoisotopic (exact) mass is 355 g/mol. The van der Waals surface area contributed by atoms with Gasteiger partial charge in [-0.3, -0.25) is 4.79 Å². The van der Waals surface area contributed by atoms with Gasteiger partial charge in [0.25, 0.3) is 0 Å². The fraction of sp³-hybridized carbons (Fsp3) is 0.278. The van der Waals surface area contributed by atoms with Crippen molar-refractivity contribution in [2.75, 3.05) is 18.0 Å². The third-order valence-corrected chi connectivity index (χ3v) is 4.78. The number of amides is 1. The Morgan fingerprint density at radius 2 is 2.08 bits per heavy atom. The van der Waals surface area contributed by atoms with Gasteiger partial charge in [0.05, 0.1) is 22.1 Å². The number of carbonyl (C=O) groups is 1. The normalized spacial score (nSPS) is 14.6. The second-order valence-electron chi connectivity index (χ2n) is 6.31. The van der Waals surface area contributed by atoms with Crippen LogP contribution in [0.3, 0.4) is 0 Å². The lowest BCUT2D eigenvalue weighted by Gasteiger charge is -2.40. The molecule has 0 bridgehead atoms. The van der Waals surface area contributed by atoms with E-state index < -0.39 is 0 Å². The number of benzene rings is 1. The van der Waals surface area contributed by atoms with Crippen LogP contribution in [0.15, 0.2) is 36.5 Å². The maximum atomic E-state index is 11.1. The van der Waals surface area contributed by atoms with Gasteiger partial charge in [0.1, 0.15) is 11.6 Å². The SMILES string of the molecule is CC(=O)NC1CN(c2cc(-c3nc4ccccc4n3C)c(Cl)cn2)C1. The number of halogens is 1.